The molecule has 0 bridgehead atoms. The number of rotatable bonds is 3. The van der Waals surface area contributed by atoms with Gasteiger partial charge in [-0.1, -0.05) is 173 Å². The Balaban J connectivity index is 1.16. The zero-order valence-corrected chi connectivity index (χ0v) is 39.4. The Bertz CT molecular complexity index is 3920. The zero-order chi connectivity index (χ0) is 45.3. The number of anilines is 5. The molecule has 0 saturated heterocycles. The molecule has 0 amide bonds. The van der Waals surface area contributed by atoms with Crippen molar-refractivity contribution in [2.75, 3.05) is 9.71 Å². The van der Waals surface area contributed by atoms with Gasteiger partial charge >= 0.3 is 6.85 Å². The summed E-state index contributed by atoms with van der Waals surface area (Å²) in [6.07, 6.45) is 2.32. The van der Waals surface area contributed by atoms with Crippen molar-refractivity contribution >= 4 is 99.7 Å². The van der Waals surface area contributed by atoms with E-state index >= 15 is 0 Å². The molecule has 0 N–H and O–H groups in total. The molecule has 0 saturated carbocycles. The molecular formula is C63H47BN2OS. The van der Waals surface area contributed by atoms with Crippen LogP contribution in [0, 0.1) is 0 Å². The second kappa shape index (κ2) is 13.4. The SMILES string of the molecule is CC1(C)CCC(C)(C)c2cc(N3B4c5cccc6c5N(c5ccccc5C6(c5ccccc5)c5ccccc5)c5cc6oc7ccccc7c6c(c54)-c4ccc5sc6ccccc6c5c43)ccc21. The molecule has 11 aromatic rings. The lowest BCUT2D eigenvalue weighted by Gasteiger charge is -2.52. The standard InChI is InChI=1S/C63H47BN2OS/c1-61(2)34-35-62(3,4)47-36-40(30-32-44(47)61)66-59-43(31-33-54-56(59)42-23-12-16-29-53(42)68-54)57-55-41-22-11-15-28-51(41)67-52(55)37-50-58(57)64(66)48-26-17-25-46-60(48)65(50)49-27-14-13-24-45(49)63(46,38-18-7-5-8-19-38)39-20-9-6-10-21-39/h5-33,36-37H,34-35H2,1-4H3. The van der Waals surface area contributed by atoms with Crippen LogP contribution >= 0.6 is 11.3 Å². The minimum Gasteiger partial charge on any atom is -0.456 e. The summed E-state index contributed by atoms with van der Waals surface area (Å²) in [4.78, 5) is 5.40. The Hall–Kier alpha value is -7.34. The van der Waals surface area contributed by atoms with Crippen molar-refractivity contribution in [2.24, 2.45) is 0 Å². The summed E-state index contributed by atoms with van der Waals surface area (Å²) in [5.74, 6) is 0. The fraction of sp³-hybridized carbons (Fsp3) is 0.143. The molecule has 0 fully saturated rings. The highest BCUT2D eigenvalue weighted by atomic mass is 32.1. The summed E-state index contributed by atoms with van der Waals surface area (Å²) in [5, 5.41) is 4.95. The first-order chi connectivity index (χ1) is 33.2. The minimum atomic E-state index is -0.611. The lowest BCUT2D eigenvalue weighted by molar-refractivity contribution is 0.332. The van der Waals surface area contributed by atoms with Gasteiger partial charge in [-0.2, -0.15) is 0 Å². The predicted molar refractivity (Wildman–Crippen MR) is 287 cm³/mol. The van der Waals surface area contributed by atoms with Crippen LogP contribution in [0.3, 0.4) is 0 Å². The number of nitrogens with zero attached hydrogens (tertiary/aromatic N) is 2. The van der Waals surface area contributed by atoms with Gasteiger partial charge in [-0.3, -0.25) is 0 Å². The first-order valence-electron chi connectivity index (χ1n) is 24.3. The molecule has 2 aromatic heterocycles. The van der Waals surface area contributed by atoms with E-state index in [1.54, 1.807) is 0 Å². The Morgan fingerprint density at radius 1 is 0.500 bits per heavy atom. The number of para-hydroxylation sites is 3. The van der Waals surface area contributed by atoms with Crippen molar-refractivity contribution in [3.63, 3.8) is 0 Å². The quantitative estimate of drug-likeness (QED) is 0.165. The van der Waals surface area contributed by atoms with Gasteiger partial charge in [0.2, 0.25) is 0 Å². The van der Waals surface area contributed by atoms with E-state index in [1.807, 2.05) is 11.3 Å². The van der Waals surface area contributed by atoms with Crippen molar-refractivity contribution in [1.29, 1.82) is 0 Å². The molecule has 3 aliphatic heterocycles. The van der Waals surface area contributed by atoms with E-state index in [0.717, 1.165) is 23.0 Å². The van der Waals surface area contributed by atoms with Gasteiger partial charge in [0.25, 0.3) is 0 Å². The lowest BCUT2D eigenvalue weighted by atomic mass is 9.42. The zero-order valence-electron chi connectivity index (χ0n) is 38.6. The van der Waals surface area contributed by atoms with Gasteiger partial charge in [0.1, 0.15) is 11.2 Å². The molecule has 0 spiro atoms. The van der Waals surface area contributed by atoms with Crippen molar-refractivity contribution < 1.29 is 4.42 Å². The molecule has 68 heavy (non-hydrogen) atoms. The smallest absolute Gasteiger partial charge is 0.333 e. The van der Waals surface area contributed by atoms with Crippen LogP contribution in [0.2, 0.25) is 0 Å². The van der Waals surface area contributed by atoms with Crippen molar-refractivity contribution in [3.8, 4) is 11.1 Å². The summed E-state index contributed by atoms with van der Waals surface area (Å²) >= 11 is 1.90. The minimum absolute atomic E-state index is 0.0233. The Morgan fingerprint density at radius 3 is 1.97 bits per heavy atom. The van der Waals surface area contributed by atoms with E-state index in [0.29, 0.717) is 0 Å². The topological polar surface area (TPSA) is 19.6 Å². The third-order valence-corrected chi connectivity index (χ3v) is 17.7. The average Bonchev–Trinajstić information content (AvgIpc) is 3.95. The van der Waals surface area contributed by atoms with Crippen molar-refractivity contribution in [1.82, 2.24) is 0 Å². The Morgan fingerprint density at radius 2 is 1.18 bits per heavy atom. The van der Waals surface area contributed by atoms with Crippen LogP contribution in [0.4, 0.5) is 28.4 Å². The van der Waals surface area contributed by atoms with Gasteiger partial charge in [0.05, 0.1) is 11.1 Å². The van der Waals surface area contributed by atoms with E-state index < -0.39 is 5.41 Å². The maximum atomic E-state index is 7.05. The number of fused-ring (bicyclic) bond motifs is 15. The van der Waals surface area contributed by atoms with Gasteiger partial charge in [-0.15, -0.1) is 11.3 Å². The Kier molecular flexibility index (Phi) is 7.65. The fourth-order valence-corrected chi connectivity index (χ4v) is 14.5. The summed E-state index contributed by atoms with van der Waals surface area (Å²) in [6, 6.07) is 71.3. The summed E-state index contributed by atoms with van der Waals surface area (Å²) in [7, 11) is 0. The highest BCUT2D eigenvalue weighted by Gasteiger charge is 2.54. The molecule has 0 unspecified atom stereocenters. The van der Waals surface area contributed by atoms with Crippen LogP contribution in [-0.2, 0) is 16.2 Å². The number of furan rings is 1. The normalized spacial score (nSPS) is 16.7. The number of hydrogen-bond donors (Lipinski definition) is 0. The molecule has 3 nitrogen and oxygen atoms in total. The van der Waals surface area contributed by atoms with Crippen LogP contribution in [0.15, 0.2) is 192 Å². The molecular weight excluding hydrogens is 844 g/mol. The third-order valence-electron chi connectivity index (χ3n) is 16.6. The van der Waals surface area contributed by atoms with E-state index in [9.17, 15) is 0 Å². The van der Waals surface area contributed by atoms with Crippen LogP contribution in [0.25, 0.3) is 53.2 Å². The Labute approximate surface area is 401 Å². The second-order valence-corrected chi connectivity index (χ2v) is 22.0. The lowest BCUT2D eigenvalue weighted by Crippen LogP contribution is -2.62. The first kappa shape index (κ1) is 38.7. The highest BCUT2D eigenvalue weighted by molar-refractivity contribution is 7.26. The molecule has 324 valence electrons. The number of hydrogen-bond acceptors (Lipinski definition) is 4. The van der Waals surface area contributed by atoms with Crippen LogP contribution in [0.1, 0.15) is 73.9 Å². The van der Waals surface area contributed by atoms with Gasteiger partial charge in [0.15, 0.2) is 0 Å². The third kappa shape index (κ3) is 4.84. The van der Waals surface area contributed by atoms with Gasteiger partial charge in [0, 0.05) is 65.3 Å². The van der Waals surface area contributed by atoms with E-state index in [1.165, 1.54) is 116 Å². The summed E-state index contributed by atoms with van der Waals surface area (Å²) in [6.45, 7) is 9.62. The second-order valence-electron chi connectivity index (χ2n) is 20.9. The first-order valence-corrected chi connectivity index (χ1v) is 25.1. The number of benzene rings is 9. The molecule has 9 aromatic carbocycles. The molecule has 0 atom stereocenters. The summed E-state index contributed by atoms with van der Waals surface area (Å²) < 4.78 is 9.66. The van der Waals surface area contributed by atoms with Crippen molar-refractivity contribution in [3.05, 3.63) is 221 Å². The monoisotopic (exact) mass is 890 g/mol. The van der Waals surface area contributed by atoms with E-state index in [2.05, 4.69) is 225 Å². The fourth-order valence-electron chi connectivity index (χ4n) is 13.4. The van der Waals surface area contributed by atoms with E-state index in [-0.39, 0.29) is 17.7 Å². The molecule has 1 aliphatic carbocycles. The molecule has 5 heterocycles. The largest absolute Gasteiger partial charge is 0.456 e. The van der Waals surface area contributed by atoms with Crippen LogP contribution in [0.5, 0.6) is 0 Å². The molecule has 15 rings (SSSR count). The molecule has 5 heteroatoms. The summed E-state index contributed by atoms with van der Waals surface area (Å²) in [5.41, 5.74) is 20.5. The van der Waals surface area contributed by atoms with Gasteiger partial charge in [-0.05, 0) is 110 Å². The average molecular weight is 891 g/mol. The van der Waals surface area contributed by atoms with Gasteiger partial charge in [-0.25, -0.2) is 0 Å². The van der Waals surface area contributed by atoms with Crippen LogP contribution in [-0.4, -0.2) is 6.85 Å². The predicted octanol–water partition coefficient (Wildman–Crippen LogP) is 15.7. The highest BCUT2D eigenvalue weighted by Crippen LogP contribution is 2.61. The van der Waals surface area contributed by atoms with Crippen LogP contribution < -0.4 is 20.6 Å². The molecule has 4 aliphatic rings. The van der Waals surface area contributed by atoms with Crippen molar-refractivity contribution in [2.45, 2.75) is 56.8 Å². The maximum absolute atomic E-state index is 7.05. The van der Waals surface area contributed by atoms with E-state index in [4.69, 9.17) is 4.42 Å². The van der Waals surface area contributed by atoms with Gasteiger partial charge < -0.3 is 14.1 Å². The number of thiophene rings is 1. The maximum Gasteiger partial charge on any atom is 0.333 e. The molecule has 0 radical (unpaired) electrons.